The van der Waals surface area contributed by atoms with Crippen molar-refractivity contribution in [3.05, 3.63) is 72.1 Å². The summed E-state index contributed by atoms with van der Waals surface area (Å²) in [6.45, 7) is 2.83. The third-order valence-electron chi connectivity index (χ3n) is 5.42. The van der Waals surface area contributed by atoms with Crippen molar-refractivity contribution in [2.24, 2.45) is 0 Å². The first-order chi connectivity index (χ1) is 16.3. The molecule has 0 bridgehead atoms. The Morgan fingerprint density at radius 3 is 2.32 bits per heavy atom. The van der Waals surface area contributed by atoms with Crippen LogP contribution in [0.15, 0.2) is 60.9 Å². The molecule has 3 rings (SSSR count). The summed E-state index contributed by atoms with van der Waals surface area (Å²) in [7, 11) is 0. The van der Waals surface area contributed by atoms with E-state index in [0.717, 1.165) is 55.1 Å². The predicted octanol–water partition coefficient (Wildman–Crippen LogP) is 6.51. The summed E-state index contributed by atoms with van der Waals surface area (Å²) in [5, 5.41) is 19.3. The minimum absolute atomic E-state index is 0.0852. The Labute approximate surface area is 196 Å². The monoisotopic (exact) mass is 474 g/mol. The van der Waals surface area contributed by atoms with E-state index in [4.69, 9.17) is 5.11 Å². The number of carboxylic acid groups (broad SMARTS) is 1. The molecule has 0 saturated carbocycles. The van der Waals surface area contributed by atoms with Crippen LogP contribution in [-0.4, -0.2) is 27.4 Å². The van der Waals surface area contributed by atoms with Gasteiger partial charge in [-0.05, 0) is 61.2 Å². The molecule has 182 valence electrons. The van der Waals surface area contributed by atoms with Gasteiger partial charge in [-0.15, -0.1) is 0 Å². The molecule has 0 radical (unpaired) electrons. The highest BCUT2D eigenvalue weighted by Gasteiger charge is 2.32. The molecule has 0 amide bonds. The first kappa shape index (κ1) is 25.1. The number of nitrogens with one attached hydrogen (secondary N) is 2. The molecule has 9 heteroatoms. The summed E-state index contributed by atoms with van der Waals surface area (Å²) in [5.41, 5.74) is 2.74. The molecular formula is C25H29F3N4O2. The van der Waals surface area contributed by atoms with Crippen molar-refractivity contribution in [2.45, 2.75) is 51.2 Å². The van der Waals surface area contributed by atoms with E-state index in [2.05, 4.69) is 34.8 Å². The zero-order chi connectivity index (χ0) is 24.6. The number of rotatable bonds is 12. The van der Waals surface area contributed by atoms with Gasteiger partial charge in [0, 0.05) is 30.5 Å². The first-order valence-corrected chi connectivity index (χ1v) is 11.3. The van der Waals surface area contributed by atoms with Gasteiger partial charge in [0.25, 0.3) is 0 Å². The van der Waals surface area contributed by atoms with Crippen LogP contribution in [0.5, 0.6) is 0 Å². The van der Waals surface area contributed by atoms with Crippen molar-refractivity contribution in [2.75, 3.05) is 17.2 Å². The maximum Gasteiger partial charge on any atom is 0.419 e. The number of aromatic nitrogens is 2. The molecule has 0 aliphatic carbocycles. The van der Waals surface area contributed by atoms with Crippen LogP contribution in [0.25, 0.3) is 5.69 Å². The molecule has 6 nitrogen and oxygen atoms in total. The fraction of sp³-hybridized carbons (Fsp3) is 0.360. The lowest BCUT2D eigenvalue weighted by Crippen LogP contribution is -2.11. The maximum absolute atomic E-state index is 12.8. The highest BCUT2D eigenvalue weighted by Crippen LogP contribution is 2.30. The van der Waals surface area contributed by atoms with Crippen LogP contribution in [0.4, 0.5) is 24.5 Å². The number of benzene rings is 2. The summed E-state index contributed by atoms with van der Waals surface area (Å²) >= 11 is 0. The van der Waals surface area contributed by atoms with E-state index in [9.17, 15) is 18.0 Å². The van der Waals surface area contributed by atoms with Crippen LogP contribution in [-0.2, 0) is 11.0 Å². The third kappa shape index (κ3) is 7.26. The molecule has 0 spiro atoms. The molecule has 1 atom stereocenters. The standard InChI is InChI=1S/C25H29F3N4O2/c1-2-5-23(18-7-9-20(10-8-18)29-15-4-3-6-24(33)34)31-21-11-13-22(14-12-21)32-17-19(16-30-32)25(26,27)28/h7-14,16-17,23,29,31H,2-6,15H2,1H3,(H,33,34). The third-order valence-corrected chi connectivity index (χ3v) is 5.42. The number of aliphatic carboxylic acids is 1. The summed E-state index contributed by atoms with van der Waals surface area (Å²) in [6.07, 6.45) is 0.888. The Morgan fingerprint density at radius 1 is 1.06 bits per heavy atom. The van der Waals surface area contributed by atoms with Gasteiger partial charge in [-0.3, -0.25) is 4.79 Å². The highest BCUT2D eigenvalue weighted by molar-refractivity contribution is 5.66. The zero-order valence-electron chi connectivity index (χ0n) is 19.0. The number of carbonyl (C=O) groups is 1. The first-order valence-electron chi connectivity index (χ1n) is 11.3. The van der Waals surface area contributed by atoms with Crippen molar-refractivity contribution >= 4 is 17.3 Å². The van der Waals surface area contributed by atoms with Gasteiger partial charge in [0.1, 0.15) is 0 Å². The topological polar surface area (TPSA) is 79.2 Å². The van der Waals surface area contributed by atoms with Gasteiger partial charge in [0.05, 0.1) is 23.5 Å². The van der Waals surface area contributed by atoms with E-state index in [-0.39, 0.29) is 12.5 Å². The lowest BCUT2D eigenvalue weighted by molar-refractivity contribution is -0.138. The number of carboxylic acids is 1. The van der Waals surface area contributed by atoms with Crippen LogP contribution < -0.4 is 10.6 Å². The molecule has 34 heavy (non-hydrogen) atoms. The molecule has 0 saturated heterocycles. The van der Waals surface area contributed by atoms with E-state index in [0.29, 0.717) is 12.1 Å². The van der Waals surface area contributed by atoms with E-state index in [1.165, 1.54) is 4.68 Å². The van der Waals surface area contributed by atoms with Crippen molar-refractivity contribution in [1.82, 2.24) is 9.78 Å². The Balaban J connectivity index is 1.60. The Hall–Kier alpha value is -3.49. The van der Waals surface area contributed by atoms with Gasteiger partial charge >= 0.3 is 12.1 Å². The minimum Gasteiger partial charge on any atom is -0.481 e. The quantitative estimate of drug-likeness (QED) is 0.261. The van der Waals surface area contributed by atoms with Crippen LogP contribution in [0.1, 0.15) is 56.2 Å². The van der Waals surface area contributed by atoms with E-state index in [1.807, 2.05) is 24.3 Å². The fourth-order valence-electron chi connectivity index (χ4n) is 3.60. The van der Waals surface area contributed by atoms with Crippen LogP contribution in [0.2, 0.25) is 0 Å². The normalized spacial score (nSPS) is 12.4. The Kier molecular flexibility index (Phi) is 8.56. The van der Waals surface area contributed by atoms with Crippen LogP contribution in [0.3, 0.4) is 0 Å². The second kappa shape index (κ2) is 11.6. The van der Waals surface area contributed by atoms with E-state index < -0.39 is 17.7 Å². The van der Waals surface area contributed by atoms with Gasteiger partial charge < -0.3 is 15.7 Å². The lowest BCUT2D eigenvalue weighted by atomic mass is 10.0. The lowest BCUT2D eigenvalue weighted by Gasteiger charge is -2.21. The Morgan fingerprint density at radius 2 is 1.74 bits per heavy atom. The molecule has 1 aromatic heterocycles. The molecule has 3 N–H and O–H groups in total. The summed E-state index contributed by atoms with van der Waals surface area (Å²) in [6, 6.07) is 15.4. The van der Waals surface area contributed by atoms with Gasteiger partial charge in [0.15, 0.2) is 0 Å². The number of halogens is 3. The molecule has 0 fully saturated rings. The SMILES string of the molecule is CCCC(Nc1ccc(-n2cc(C(F)(F)F)cn2)cc1)c1ccc(NCCCCC(=O)O)cc1. The van der Waals surface area contributed by atoms with Crippen LogP contribution >= 0.6 is 0 Å². The van der Waals surface area contributed by atoms with E-state index >= 15 is 0 Å². The molecule has 0 aliphatic rings. The molecule has 0 aliphatic heterocycles. The number of unbranched alkanes of at least 4 members (excludes halogenated alkanes) is 1. The number of hydrogen-bond donors (Lipinski definition) is 3. The summed E-state index contributed by atoms with van der Waals surface area (Å²) in [5.74, 6) is -0.773. The summed E-state index contributed by atoms with van der Waals surface area (Å²) < 4.78 is 39.7. The molecule has 2 aromatic carbocycles. The smallest absolute Gasteiger partial charge is 0.419 e. The maximum atomic E-state index is 12.8. The molecule has 1 unspecified atom stereocenters. The summed E-state index contributed by atoms with van der Waals surface area (Å²) in [4.78, 5) is 10.6. The number of nitrogens with zero attached hydrogens (tertiary/aromatic N) is 2. The highest BCUT2D eigenvalue weighted by atomic mass is 19.4. The van der Waals surface area contributed by atoms with Crippen molar-refractivity contribution in [3.8, 4) is 5.69 Å². The fourth-order valence-corrected chi connectivity index (χ4v) is 3.60. The van der Waals surface area contributed by atoms with Crippen molar-refractivity contribution in [1.29, 1.82) is 0 Å². The van der Waals surface area contributed by atoms with Crippen molar-refractivity contribution in [3.63, 3.8) is 0 Å². The van der Waals surface area contributed by atoms with Gasteiger partial charge in [-0.2, -0.15) is 18.3 Å². The largest absolute Gasteiger partial charge is 0.481 e. The predicted molar refractivity (Wildman–Crippen MR) is 126 cm³/mol. The average molecular weight is 475 g/mol. The second-order valence-electron chi connectivity index (χ2n) is 8.10. The molecule has 3 aromatic rings. The van der Waals surface area contributed by atoms with Gasteiger partial charge in [0.2, 0.25) is 0 Å². The number of alkyl halides is 3. The van der Waals surface area contributed by atoms with Crippen molar-refractivity contribution < 1.29 is 23.1 Å². The molecule has 1 heterocycles. The van der Waals surface area contributed by atoms with Gasteiger partial charge in [-0.1, -0.05) is 25.5 Å². The Bertz CT molecular complexity index is 1050. The van der Waals surface area contributed by atoms with Crippen LogP contribution in [0, 0.1) is 0 Å². The van der Waals surface area contributed by atoms with E-state index in [1.54, 1.807) is 12.1 Å². The average Bonchev–Trinajstić information content (AvgIpc) is 3.30. The minimum atomic E-state index is -4.42. The zero-order valence-corrected chi connectivity index (χ0v) is 19.0. The van der Waals surface area contributed by atoms with Gasteiger partial charge in [-0.25, -0.2) is 4.68 Å². The molecular weight excluding hydrogens is 445 g/mol. The number of anilines is 2. The number of hydrogen-bond acceptors (Lipinski definition) is 4. The second-order valence-corrected chi connectivity index (χ2v) is 8.10.